The minimum Gasteiger partial charge on any atom is -0.347 e. The average Bonchev–Trinajstić information content (AvgIpc) is 2.10. The fourth-order valence-corrected chi connectivity index (χ4v) is 1.20. The van der Waals surface area contributed by atoms with Crippen molar-refractivity contribution >= 4 is 16.1 Å². The molecule has 1 amide bonds. The maximum absolute atomic E-state index is 11.7. The monoisotopic (exact) mass is 263 g/mol. The van der Waals surface area contributed by atoms with Gasteiger partial charge in [-0.05, 0) is 0 Å². The second-order valence-corrected chi connectivity index (χ2v) is 4.90. The molecule has 96 valence electrons. The highest BCUT2D eigenvalue weighted by molar-refractivity contribution is 7.87. The summed E-state index contributed by atoms with van der Waals surface area (Å²) >= 11 is 0. The Labute approximate surface area is 91.0 Å². The van der Waals surface area contributed by atoms with Crippen LogP contribution in [0.25, 0.3) is 0 Å². The number of amides is 1. The van der Waals surface area contributed by atoms with E-state index in [0.29, 0.717) is 0 Å². The molecule has 0 heterocycles. The zero-order chi connectivity index (χ0) is 13.0. The number of alkyl halides is 3. The normalized spacial score (nSPS) is 12.9. The van der Waals surface area contributed by atoms with Gasteiger partial charge < -0.3 is 5.32 Å². The summed E-state index contributed by atoms with van der Waals surface area (Å²) in [6.07, 6.45) is -4.96. The predicted octanol–water partition coefficient (Wildman–Crippen LogP) is -0.939. The molecule has 0 unspecified atom stereocenters. The minimum absolute atomic E-state index is 0.317. The zero-order valence-corrected chi connectivity index (χ0v) is 9.44. The molecule has 2 N–H and O–H groups in total. The molecule has 16 heavy (non-hydrogen) atoms. The van der Waals surface area contributed by atoms with Crippen LogP contribution >= 0.6 is 0 Å². The van der Waals surface area contributed by atoms with E-state index < -0.39 is 28.8 Å². The molecule has 0 spiro atoms. The number of carbonyl (C=O) groups is 1. The first kappa shape index (κ1) is 15.1. The van der Waals surface area contributed by atoms with Gasteiger partial charge in [0.2, 0.25) is 0 Å². The molecule has 0 saturated carbocycles. The number of rotatable bonds is 5. The summed E-state index contributed by atoms with van der Waals surface area (Å²) < 4.78 is 60.0. The van der Waals surface area contributed by atoms with Gasteiger partial charge in [-0.2, -0.15) is 25.9 Å². The van der Waals surface area contributed by atoms with Crippen molar-refractivity contribution in [2.24, 2.45) is 0 Å². The van der Waals surface area contributed by atoms with E-state index in [9.17, 15) is 26.4 Å². The van der Waals surface area contributed by atoms with Crippen molar-refractivity contribution < 1.29 is 26.4 Å². The van der Waals surface area contributed by atoms with E-state index in [1.54, 1.807) is 0 Å². The lowest BCUT2D eigenvalue weighted by molar-refractivity contribution is -0.173. The van der Waals surface area contributed by atoms with Crippen molar-refractivity contribution in [3.63, 3.8) is 0 Å². The Hall–Kier alpha value is -0.870. The first-order valence-corrected chi connectivity index (χ1v) is 5.53. The van der Waals surface area contributed by atoms with Gasteiger partial charge in [-0.1, -0.05) is 0 Å². The van der Waals surface area contributed by atoms with Crippen LogP contribution in [0, 0.1) is 0 Å². The quantitative estimate of drug-likeness (QED) is 0.628. The van der Waals surface area contributed by atoms with Crippen molar-refractivity contribution in [3.05, 3.63) is 0 Å². The van der Waals surface area contributed by atoms with Crippen LogP contribution in [0.5, 0.6) is 0 Å². The van der Waals surface area contributed by atoms with Gasteiger partial charge in [0.1, 0.15) is 0 Å². The second-order valence-electron chi connectivity index (χ2n) is 2.94. The Bertz CT molecular complexity index is 339. The highest BCUT2D eigenvalue weighted by Crippen LogP contribution is 2.13. The lowest BCUT2D eigenvalue weighted by Crippen LogP contribution is -2.43. The Morgan fingerprint density at radius 3 is 2.12 bits per heavy atom. The van der Waals surface area contributed by atoms with E-state index in [-0.39, 0.29) is 6.54 Å². The topological polar surface area (TPSA) is 78.5 Å². The lowest BCUT2D eigenvalue weighted by atomic mass is 10.5. The van der Waals surface area contributed by atoms with E-state index in [4.69, 9.17) is 0 Å². The lowest BCUT2D eigenvalue weighted by Gasteiger charge is -2.12. The fraction of sp³-hybridized carbons (Fsp3) is 0.833. The van der Waals surface area contributed by atoms with Crippen LogP contribution in [0.4, 0.5) is 13.2 Å². The predicted molar refractivity (Wildman–Crippen MR) is 49.7 cm³/mol. The summed E-state index contributed by atoms with van der Waals surface area (Å²) in [5, 5.41) is 1.52. The Kier molecular flexibility index (Phi) is 5.16. The molecule has 0 aromatic carbocycles. The zero-order valence-electron chi connectivity index (χ0n) is 8.63. The summed E-state index contributed by atoms with van der Waals surface area (Å²) in [6.45, 7) is -0.756. The summed E-state index contributed by atoms with van der Waals surface area (Å²) in [5.74, 6) is -2.10. The highest BCUT2D eigenvalue weighted by atomic mass is 32.2. The molecule has 0 aromatic heterocycles. The highest BCUT2D eigenvalue weighted by Gasteiger charge is 2.38. The number of nitrogens with zero attached hydrogens (tertiary/aromatic N) is 1. The van der Waals surface area contributed by atoms with Gasteiger partial charge in [0.05, 0.1) is 0 Å². The van der Waals surface area contributed by atoms with Gasteiger partial charge in [0.25, 0.3) is 10.2 Å². The third-order valence-electron chi connectivity index (χ3n) is 1.43. The van der Waals surface area contributed by atoms with Crippen LogP contribution in [-0.4, -0.2) is 52.0 Å². The van der Waals surface area contributed by atoms with Gasteiger partial charge in [0.15, 0.2) is 0 Å². The second kappa shape index (κ2) is 5.46. The van der Waals surface area contributed by atoms with Crippen LogP contribution in [0.1, 0.15) is 0 Å². The molecule has 0 fully saturated rings. The van der Waals surface area contributed by atoms with E-state index in [1.165, 1.54) is 19.4 Å². The molecule has 6 nitrogen and oxygen atoms in total. The molecule has 0 rings (SSSR count). The van der Waals surface area contributed by atoms with Gasteiger partial charge in [-0.25, -0.2) is 4.72 Å². The maximum atomic E-state index is 11.7. The van der Waals surface area contributed by atoms with Gasteiger partial charge >= 0.3 is 12.1 Å². The van der Waals surface area contributed by atoms with Crippen LogP contribution in [0.3, 0.4) is 0 Å². The summed E-state index contributed by atoms with van der Waals surface area (Å²) in [6, 6.07) is 0. The summed E-state index contributed by atoms with van der Waals surface area (Å²) in [4.78, 5) is 10.3. The van der Waals surface area contributed by atoms with Crippen molar-refractivity contribution in [1.82, 2.24) is 14.3 Å². The van der Waals surface area contributed by atoms with E-state index >= 15 is 0 Å². The van der Waals surface area contributed by atoms with Crippen LogP contribution in [0.15, 0.2) is 0 Å². The summed E-state index contributed by atoms with van der Waals surface area (Å²) in [7, 11) is -1.16. The standard InChI is InChI=1S/C6H12F3N3O3S/c1-12(2)16(14,15)11-4-3-10-5(13)6(7,8)9/h11H,3-4H2,1-2H3,(H,10,13). The first-order valence-electron chi connectivity index (χ1n) is 4.09. The van der Waals surface area contributed by atoms with Crippen molar-refractivity contribution in [3.8, 4) is 0 Å². The molecule has 0 bridgehead atoms. The molecule has 10 heteroatoms. The number of carbonyl (C=O) groups excluding carboxylic acids is 1. The van der Waals surface area contributed by atoms with Crippen molar-refractivity contribution in [2.45, 2.75) is 6.18 Å². The molecule has 0 aliphatic carbocycles. The Morgan fingerprint density at radius 1 is 1.25 bits per heavy atom. The number of halogens is 3. The number of nitrogens with one attached hydrogen (secondary N) is 2. The van der Waals surface area contributed by atoms with Crippen LogP contribution in [0.2, 0.25) is 0 Å². The molecule has 0 aromatic rings. The third kappa shape index (κ3) is 5.28. The van der Waals surface area contributed by atoms with Crippen LogP contribution < -0.4 is 10.0 Å². The van der Waals surface area contributed by atoms with Crippen molar-refractivity contribution in [1.29, 1.82) is 0 Å². The number of hydrogen-bond donors (Lipinski definition) is 2. The third-order valence-corrected chi connectivity index (χ3v) is 2.96. The van der Waals surface area contributed by atoms with Gasteiger partial charge in [-0.3, -0.25) is 4.79 Å². The fourth-order valence-electron chi connectivity index (χ4n) is 0.585. The maximum Gasteiger partial charge on any atom is 0.471 e. The Morgan fingerprint density at radius 2 is 1.75 bits per heavy atom. The molecule has 0 saturated heterocycles. The minimum atomic E-state index is -4.96. The smallest absolute Gasteiger partial charge is 0.347 e. The van der Waals surface area contributed by atoms with Crippen molar-refractivity contribution in [2.75, 3.05) is 27.2 Å². The molecule has 0 atom stereocenters. The molecule has 0 aliphatic heterocycles. The molecular weight excluding hydrogens is 251 g/mol. The number of hydrogen-bond acceptors (Lipinski definition) is 3. The van der Waals surface area contributed by atoms with Gasteiger partial charge in [0, 0.05) is 27.2 Å². The Balaban J connectivity index is 3.92. The molecule has 0 aliphatic rings. The van der Waals surface area contributed by atoms with E-state index in [0.717, 1.165) is 4.31 Å². The van der Waals surface area contributed by atoms with E-state index in [1.807, 2.05) is 4.72 Å². The summed E-state index contributed by atoms with van der Waals surface area (Å²) in [5.41, 5.74) is 0. The van der Waals surface area contributed by atoms with Gasteiger partial charge in [-0.15, -0.1) is 0 Å². The molecular formula is C6H12F3N3O3S. The SMILES string of the molecule is CN(C)S(=O)(=O)NCCNC(=O)C(F)(F)F. The van der Waals surface area contributed by atoms with E-state index in [2.05, 4.69) is 0 Å². The largest absolute Gasteiger partial charge is 0.471 e. The van der Waals surface area contributed by atoms with Crippen LogP contribution in [-0.2, 0) is 15.0 Å². The first-order chi connectivity index (χ1) is 7.07. The molecule has 0 radical (unpaired) electrons. The average molecular weight is 263 g/mol.